The molecule has 0 amide bonds. The van der Waals surface area contributed by atoms with E-state index in [0.29, 0.717) is 25.6 Å². The lowest BCUT2D eigenvalue weighted by Crippen LogP contribution is -2.13. The third kappa shape index (κ3) is 3.49. The molecule has 1 aliphatic heterocycles. The number of aryl methyl sites for hydroxylation is 1. The minimum atomic E-state index is -0.169. The van der Waals surface area contributed by atoms with Gasteiger partial charge < -0.3 is 14.6 Å². The van der Waals surface area contributed by atoms with E-state index in [0.717, 1.165) is 44.7 Å². The first-order chi connectivity index (χ1) is 15.6. The highest BCUT2D eigenvalue weighted by Gasteiger charge is 2.20. The van der Waals surface area contributed by atoms with Crippen molar-refractivity contribution in [2.75, 3.05) is 19.8 Å². The summed E-state index contributed by atoms with van der Waals surface area (Å²) in [5.41, 5.74) is 6.67. The van der Waals surface area contributed by atoms with E-state index < -0.39 is 0 Å². The molecule has 4 aromatic rings. The Morgan fingerprint density at radius 3 is 2.97 bits per heavy atom. The van der Waals surface area contributed by atoms with Gasteiger partial charge in [-0.05, 0) is 43.7 Å². The van der Waals surface area contributed by atoms with Crippen molar-refractivity contribution < 1.29 is 14.6 Å². The van der Waals surface area contributed by atoms with Crippen LogP contribution >= 0.6 is 0 Å². The topological polar surface area (TPSA) is 103 Å². The second-order valence-corrected chi connectivity index (χ2v) is 7.88. The van der Waals surface area contributed by atoms with Gasteiger partial charge in [0.1, 0.15) is 6.61 Å². The van der Waals surface area contributed by atoms with Crippen LogP contribution in [0.15, 0.2) is 24.4 Å². The Labute approximate surface area is 185 Å². The molecule has 4 heterocycles. The van der Waals surface area contributed by atoms with E-state index in [4.69, 9.17) is 9.47 Å². The number of benzene rings is 1. The number of hydrogen-bond donors (Lipinski definition) is 2. The van der Waals surface area contributed by atoms with E-state index in [1.54, 1.807) is 4.68 Å². The van der Waals surface area contributed by atoms with Crippen LogP contribution in [0.1, 0.15) is 35.7 Å². The smallest absolute Gasteiger partial charge is 0.240 e. The van der Waals surface area contributed by atoms with Crippen molar-refractivity contribution >= 4 is 23.1 Å². The molecule has 0 aliphatic carbocycles. The van der Waals surface area contributed by atoms with E-state index in [1.807, 2.05) is 50.0 Å². The molecule has 3 aromatic heterocycles. The fourth-order valence-electron chi connectivity index (χ4n) is 4.23. The SMILES string of the molecule is Cc1c2c(nn1CCO)OCCOC(C)c1c(cnn1C)-c1ccc3n[nH]c(c3c1)C=C2. The summed E-state index contributed by atoms with van der Waals surface area (Å²) >= 11 is 0. The summed E-state index contributed by atoms with van der Waals surface area (Å²) in [4.78, 5) is 0. The highest BCUT2D eigenvalue weighted by atomic mass is 16.5. The molecular formula is C23H26N6O3. The van der Waals surface area contributed by atoms with Crippen LogP contribution in [0, 0.1) is 6.92 Å². The highest BCUT2D eigenvalue weighted by Crippen LogP contribution is 2.33. The molecule has 0 saturated heterocycles. The van der Waals surface area contributed by atoms with Gasteiger partial charge in [0.05, 0.1) is 54.5 Å². The molecule has 1 aromatic carbocycles. The molecule has 1 atom stereocenters. The van der Waals surface area contributed by atoms with Crippen LogP contribution in [-0.4, -0.2) is 54.7 Å². The summed E-state index contributed by atoms with van der Waals surface area (Å²) in [6.07, 6.45) is 5.67. The number of aromatic amines is 1. The monoisotopic (exact) mass is 434 g/mol. The zero-order valence-electron chi connectivity index (χ0n) is 18.4. The van der Waals surface area contributed by atoms with Crippen molar-refractivity contribution in [3.05, 3.63) is 47.0 Å². The summed E-state index contributed by atoms with van der Waals surface area (Å²) < 4.78 is 15.7. The van der Waals surface area contributed by atoms with Crippen LogP contribution in [0.4, 0.5) is 0 Å². The van der Waals surface area contributed by atoms with E-state index in [9.17, 15) is 5.11 Å². The van der Waals surface area contributed by atoms with E-state index in [2.05, 4.69) is 32.5 Å². The van der Waals surface area contributed by atoms with Crippen molar-refractivity contribution in [3.63, 3.8) is 0 Å². The standard InChI is InChI=1S/C23H26N6O3/c1-14-17-5-7-21-18-12-16(4-6-20(18)25-26-21)19-13-24-28(3)22(19)15(2)31-10-11-32-23(17)27-29(14)8-9-30/h4-7,12-13,15,30H,8-11H2,1-3H3,(H,25,26). The Hall–Kier alpha value is -3.43. The van der Waals surface area contributed by atoms with Crippen molar-refractivity contribution in [2.45, 2.75) is 26.5 Å². The van der Waals surface area contributed by atoms with Crippen LogP contribution in [0.25, 0.3) is 34.2 Å². The van der Waals surface area contributed by atoms with Crippen LogP contribution in [0.3, 0.4) is 0 Å². The number of aliphatic hydroxyl groups is 1. The maximum absolute atomic E-state index is 9.38. The number of nitrogens with zero attached hydrogens (tertiary/aromatic N) is 5. The van der Waals surface area contributed by atoms with Gasteiger partial charge in [0.2, 0.25) is 5.88 Å². The molecule has 166 valence electrons. The van der Waals surface area contributed by atoms with Gasteiger partial charge in [0, 0.05) is 23.7 Å². The molecule has 9 heteroatoms. The first-order valence-electron chi connectivity index (χ1n) is 10.7. The minimum absolute atomic E-state index is 0.00668. The molecule has 0 saturated carbocycles. The van der Waals surface area contributed by atoms with Crippen molar-refractivity contribution in [1.29, 1.82) is 0 Å². The van der Waals surface area contributed by atoms with Crippen molar-refractivity contribution in [1.82, 2.24) is 29.8 Å². The third-order valence-electron chi connectivity index (χ3n) is 5.90. The molecule has 5 rings (SSSR count). The van der Waals surface area contributed by atoms with Gasteiger partial charge >= 0.3 is 0 Å². The number of aliphatic hydroxyl groups excluding tert-OH is 1. The summed E-state index contributed by atoms with van der Waals surface area (Å²) in [6, 6.07) is 6.20. The molecule has 2 N–H and O–H groups in total. The fourth-order valence-corrected chi connectivity index (χ4v) is 4.23. The molecule has 9 nitrogen and oxygen atoms in total. The van der Waals surface area contributed by atoms with E-state index in [1.165, 1.54) is 0 Å². The normalized spacial score (nSPS) is 16.4. The maximum atomic E-state index is 9.38. The zero-order valence-corrected chi connectivity index (χ0v) is 18.4. The number of H-pyrrole nitrogens is 1. The molecule has 32 heavy (non-hydrogen) atoms. The molecule has 2 bridgehead atoms. The van der Waals surface area contributed by atoms with Gasteiger partial charge in [-0.3, -0.25) is 14.5 Å². The van der Waals surface area contributed by atoms with E-state index in [-0.39, 0.29) is 12.7 Å². The lowest BCUT2D eigenvalue weighted by Gasteiger charge is -2.16. The fraction of sp³-hybridized carbons (Fsp3) is 0.348. The average molecular weight is 435 g/mol. The predicted octanol–water partition coefficient (Wildman–Crippen LogP) is 3.10. The summed E-state index contributed by atoms with van der Waals surface area (Å²) in [7, 11) is 1.93. The Balaban J connectivity index is 1.65. The number of rotatable bonds is 2. The number of ether oxygens (including phenoxy) is 2. The van der Waals surface area contributed by atoms with Gasteiger partial charge in [-0.2, -0.15) is 10.2 Å². The first kappa shape index (κ1) is 20.5. The third-order valence-corrected chi connectivity index (χ3v) is 5.90. The minimum Gasteiger partial charge on any atom is -0.474 e. The van der Waals surface area contributed by atoms with Crippen LogP contribution in [-0.2, 0) is 18.3 Å². The summed E-state index contributed by atoms with van der Waals surface area (Å²) in [6.45, 7) is 5.16. The Bertz CT molecular complexity index is 1300. The molecule has 1 aliphatic rings. The van der Waals surface area contributed by atoms with Gasteiger partial charge in [-0.1, -0.05) is 6.07 Å². The quantitative estimate of drug-likeness (QED) is 0.503. The summed E-state index contributed by atoms with van der Waals surface area (Å²) in [5, 5.41) is 27.0. The first-order valence-corrected chi connectivity index (χ1v) is 10.7. The molecular weight excluding hydrogens is 408 g/mol. The molecule has 0 fully saturated rings. The average Bonchev–Trinajstić information content (AvgIpc) is 3.45. The summed E-state index contributed by atoms with van der Waals surface area (Å²) in [5.74, 6) is 0.518. The molecule has 0 spiro atoms. The lowest BCUT2D eigenvalue weighted by atomic mass is 10.0. The second-order valence-electron chi connectivity index (χ2n) is 7.88. The van der Waals surface area contributed by atoms with Gasteiger partial charge in [-0.25, -0.2) is 0 Å². The van der Waals surface area contributed by atoms with Crippen molar-refractivity contribution in [3.8, 4) is 17.0 Å². The number of aromatic nitrogens is 6. The Morgan fingerprint density at radius 2 is 2.12 bits per heavy atom. The lowest BCUT2D eigenvalue weighted by molar-refractivity contribution is 0.0387. The van der Waals surface area contributed by atoms with Crippen LogP contribution < -0.4 is 4.74 Å². The highest BCUT2D eigenvalue weighted by molar-refractivity contribution is 5.93. The largest absolute Gasteiger partial charge is 0.474 e. The second kappa shape index (κ2) is 8.25. The number of nitrogens with one attached hydrogen (secondary N) is 1. The maximum Gasteiger partial charge on any atom is 0.240 e. The van der Waals surface area contributed by atoms with Crippen molar-refractivity contribution in [2.24, 2.45) is 7.05 Å². The molecule has 0 radical (unpaired) electrons. The number of hydrogen-bond acceptors (Lipinski definition) is 6. The van der Waals surface area contributed by atoms with Gasteiger partial charge in [-0.15, -0.1) is 5.10 Å². The Kier molecular flexibility index (Phi) is 5.28. The van der Waals surface area contributed by atoms with Crippen LogP contribution in [0.2, 0.25) is 0 Å². The predicted molar refractivity (Wildman–Crippen MR) is 121 cm³/mol. The van der Waals surface area contributed by atoms with Gasteiger partial charge in [0.25, 0.3) is 0 Å². The molecule has 1 unspecified atom stereocenters. The van der Waals surface area contributed by atoms with E-state index >= 15 is 0 Å². The number of fused-ring (bicyclic) bond motifs is 4. The zero-order chi connectivity index (χ0) is 22.2. The Morgan fingerprint density at radius 1 is 1.25 bits per heavy atom. The van der Waals surface area contributed by atoms with Crippen LogP contribution in [0.5, 0.6) is 5.88 Å². The van der Waals surface area contributed by atoms with Gasteiger partial charge in [0.15, 0.2) is 0 Å².